The highest BCUT2D eigenvalue weighted by molar-refractivity contribution is 6.03. The fourth-order valence-corrected chi connectivity index (χ4v) is 3.65. The molecule has 1 fully saturated rings. The number of rotatable bonds is 3. The summed E-state index contributed by atoms with van der Waals surface area (Å²) in [6.45, 7) is 4.19. The molecule has 2 nitrogen and oxygen atoms in total. The van der Waals surface area contributed by atoms with Gasteiger partial charge in [-0.3, -0.25) is 9.69 Å². The van der Waals surface area contributed by atoms with Gasteiger partial charge in [0.05, 0.1) is 0 Å². The molecule has 0 bridgehead atoms. The Kier molecular flexibility index (Phi) is 4.64. The first-order chi connectivity index (χ1) is 13.1. The molecular formula is C25H23NO. The summed E-state index contributed by atoms with van der Waals surface area (Å²) in [6.07, 6.45) is 1.30. The van der Waals surface area contributed by atoms with Crippen LogP contribution in [0.15, 0.2) is 84.6 Å². The lowest BCUT2D eigenvalue weighted by Gasteiger charge is -2.23. The minimum atomic E-state index is 0.160. The van der Waals surface area contributed by atoms with Crippen molar-refractivity contribution < 1.29 is 4.79 Å². The van der Waals surface area contributed by atoms with Gasteiger partial charge < -0.3 is 0 Å². The van der Waals surface area contributed by atoms with Crippen LogP contribution in [-0.4, -0.2) is 5.91 Å². The van der Waals surface area contributed by atoms with E-state index in [9.17, 15) is 4.79 Å². The van der Waals surface area contributed by atoms with E-state index in [0.717, 1.165) is 34.5 Å². The first-order valence-corrected chi connectivity index (χ1v) is 9.39. The van der Waals surface area contributed by atoms with Gasteiger partial charge >= 0.3 is 0 Å². The number of anilines is 1. The van der Waals surface area contributed by atoms with Crippen molar-refractivity contribution in [2.75, 3.05) is 4.90 Å². The summed E-state index contributed by atoms with van der Waals surface area (Å²) in [5.41, 5.74) is 7.92. The fraction of sp³-hybridized carbons (Fsp3) is 0.160. The van der Waals surface area contributed by atoms with Crippen LogP contribution in [0.2, 0.25) is 0 Å². The SMILES string of the molecule is Cc1ccc(C(=C2CCC(=O)N2c2ccccc2)c2ccc(C)cc2)cc1. The number of nitrogens with zero attached hydrogens (tertiary/aromatic N) is 1. The van der Waals surface area contributed by atoms with E-state index in [-0.39, 0.29) is 5.91 Å². The summed E-state index contributed by atoms with van der Waals surface area (Å²) < 4.78 is 0. The minimum absolute atomic E-state index is 0.160. The van der Waals surface area contributed by atoms with Gasteiger partial charge in [-0.05, 0) is 43.5 Å². The number of hydrogen-bond acceptors (Lipinski definition) is 1. The number of hydrogen-bond donors (Lipinski definition) is 0. The monoisotopic (exact) mass is 353 g/mol. The second-order valence-corrected chi connectivity index (χ2v) is 7.12. The Morgan fingerprint density at radius 2 is 1.22 bits per heavy atom. The molecule has 0 radical (unpaired) electrons. The Labute approximate surface area is 160 Å². The second kappa shape index (κ2) is 7.24. The lowest BCUT2D eigenvalue weighted by molar-refractivity contribution is -0.116. The number of allylic oxidation sites excluding steroid dienone is 1. The lowest BCUT2D eigenvalue weighted by atomic mass is 9.93. The Bertz CT molecular complexity index is 935. The van der Waals surface area contributed by atoms with Gasteiger partial charge in [0, 0.05) is 23.4 Å². The van der Waals surface area contributed by atoms with E-state index in [0.29, 0.717) is 6.42 Å². The van der Waals surface area contributed by atoms with Crippen LogP contribution in [0.4, 0.5) is 5.69 Å². The number of amides is 1. The summed E-state index contributed by atoms with van der Waals surface area (Å²) in [6, 6.07) is 27.1. The van der Waals surface area contributed by atoms with Crippen LogP contribution in [0.1, 0.15) is 35.1 Å². The Morgan fingerprint density at radius 1 is 0.704 bits per heavy atom. The average Bonchev–Trinajstić information content (AvgIpc) is 3.07. The van der Waals surface area contributed by atoms with Crippen molar-refractivity contribution >= 4 is 17.2 Å². The van der Waals surface area contributed by atoms with Crippen LogP contribution in [0.25, 0.3) is 5.57 Å². The van der Waals surface area contributed by atoms with Gasteiger partial charge in [-0.1, -0.05) is 77.9 Å². The van der Waals surface area contributed by atoms with Crippen molar-refractivity contribution in [1.82, 2.24) is 0 Å². The summed E-state index contributed by atoms with van der Waals surface area (Å²) in [4.78, 5) is 14.7. The first-order valence-electron chi connectivity index (χ1n) is 9.39. The summed E-state index contributed by atoms with van der Waals surface area (Å²) in [5, 5.41) is 0. The van der Waals surface area contributed by atoms with Gasteiger partial charge in [-0.25, -0.2) is 0 Å². The van der Waals surface area contributed by atoms with Crippen LogP contribution >= 0.6 is 0 Å². The molecule has 1 saturated heterocycles. The molecule has 0 spiro atoms. The number of carbonyl (C=O) groups is 1. The minimum Gasteiger partial charge on any atom is -0.284 e. The molecule has 0 aliphatic carbocycles. The zero-order valence-corrected chi connectivity index (χ0v) is 15.8. The Balaban J connectivity index is 1.94. The van der Waals surface area contributed by atoms with Crippen LogP contribution in [0.5, 0.6) is 0 Å². The molecule has 1 aliphatic rings. The van der Waals surface area contributed by atoms with Gasteiger partial charge in [0.15, 0.2) is 0 Å². The molecule has 0 atom stereocenters. The molecule has 0 aromatic heterocycles. The highest BCUT2D eigenvalue weighted by Crippen LogP contribution is 2.38. The molecule has 134 valence electrons. The van der Waals surface area contributed by atoms with E-state index in [2.05, 4.69) is 62.4 Å². The predicted octanol–water partition coefficient (Wildman–Crippen LogP) is 5.89. The smallest absolute Gasteiger partial charge is 0.231 e. The molecule has 1 aliphatic heterocycles. The quantitative estimate of drug-likeness (QED) is 0.575. The summed E-state index contributed by atoms with van der Waals surface area (Å²) in [5.74, 6) is 0.160. The molecule has 3 aromatic rings. The maximum Gasteiger partial charge on any atom is 0.231 e. The standard InChI is InChI=1S/C25H23NO/c1-18-8-12-20(13-9-18)25(21-14-10-19(2)11-15-21)23-16-17-24(27)26(23)22-6-4-3-5-7-22/h3-15H,16-17H2,1-2H3. The number of aryl methyl sites for hydroxylation is 2. The van der Waals surface area contributed by atoms with Crippen molar-refractivity contribution in [3.8, 4) is 0 Å². The maximum atomic E-state index is 12.8. The molecule has 0 saturated carbocycles. The third-order valence-electron chi connectivity index (χ3n) is 5.08. The molecule has 27 heavy (non-hydrogen) atoms. The van der Waals surface area contributed by atoms with Gasteiger partial charge in [0.2, 0.25) is 5.91 Å². The van der Waals surface area contributed by atoms with E-state index in [1.165, 1.54) is 11.1 Å². The summed E-state index contributed by atoms with van der Waals surface area (Å²) >= 11 is 0. The van der Waals surface area contributed by atoms with Crippen molar-refractivity contribution in [3.05, 3.63) is 107 Å². The number of benzene rings is 3. The maximum absolute atomic E-state index is 12.8. The zero-order valence-electron chi connectivity index (χ0n) is 15.8. The molecule has 1 amide bonds. The van der Waals surface area contributed by atoms with E-state index < -0.39 is 0 Å². The third kappa shape index (κ3) is 3.43. The van der Waals surface area contributed by atoms with Gasteiger partial charge in [-0.15, -0.1) is 0 Å². The van der Waals surface area contributed by atoms with Crippen molar-refractivity contribution in [3.63, 3.8) is 0 Å². The second-order valence-electron chi connectivity index (χ2n) is 7.12. The highest BCUT2D eigenvalue weighted by atomic mass is 16.2. The van der Waals surface area contributed by atoms with Crippen molar-refractivity contribution in [2.45, 2.75) is 26.7 Å². The molecule has 4 rings (SSSR count). The molecule has 2 heteroatoms. The fourth-order valence-electron chi connectivity index (χ4n) is 3.65. The van der Waals surface area contributed by atoms with E-state index in [1.807, 2.05) is 35.2 Å². The van der Waals surface area contributed by atoms with Crippen LogP contribution < -0.4 is 4.90 Å². The Hall–Kier alpha value is -3.13. The van der Waals surface area contributed by atoms with Crippen LogP contribution in [0, 0.1) is 13.8 Å². The third-order valence-corrected chi connectivity index (χ3v) is 5.08. The largest absolute Gasteiger partial charge is 0.284 e. The van der Waals surface area contributed by atoms with E-state index in [1.54, 1.807) is 0 Å². The van der Waals surface area contributed by atoms with Gasteiger partial charge in [-0.2, -0.15) is 0 Å². The molecular weight excluding hydrogens is 330 g/mol. The van der Waals surface area contributed by atoms with E-state index in [4.69, 9.17) is 0 Å². The Morgan fingerprint density at radius 3 is 1.74 bits per heavy atom. The normalized spacial score (nSPS) is 13.9. The summed E-state index contributed by atoms with van der Waals surface area (Å²) in [7, 11) is 0. The topological polar surface area (TPSA) is 20.3 Å². The van der Waals surface area contributed by atoms with Crippen molar-refractivity contribution in [2.24, 2.45) is 0 Å². The highest BCUT2D eigenvalue weighted by Gasteiger charge is 2.30. The molecule has 3 aromatic carbocycles. The van der Waals surface area contributed by atoms with Gasteiger partial charge in [0.1, 0.15) is 0 Å². The van der Waals surface area contributed by atoms with Crippen LogP contribution in [-0.2, 0) is 4.79 Å². The average molecular weight is 353 g/mol. The molecule has 0 N–H and O–H groups in total. The predicted molar refractivity (Wildman–Crippen MR) is 112 cm³/mol. The first kappa shape index (κ1) is 17.3. The van der Waals surface area contributed by atoms with Gasteiger partial charge in [0.25, 0.3) is 0 Å². The van der Waals surface area contributed by atoms with Crippen molar-refractivity contribution in [1.29, 1.82) is 0 Å². The zero-order chi connectivity index (χ0) is 18.8. The lowest BCUT2D eigenvalue weighted by Crippen LogP contribution is -2.23. The number of para-hydroxylation sites is 1. The van der Waals surface area contributed by atoms with Crippen LogP contribution in [0.3, 0.4) is 0 Å². The molecule has 0 unspecified atom stereocenters. The number of carbonyl (C=O) groups excluding carboxylic acids is 1. The van der Waals surface area contributed by atoms with E-state index >= 15 is 0 Å². The molecule has 1 heterocycles.